The summed E-state index contributed by atoms with van der Waals surface area (Å²) < 4.78 is 0. The van der Waals surface area contributed by atoms with Gasteiger partial charge in [0.25, 0.3) is 5.91 Å². The normalized spacial score (nSPS) is 19.7. The molecule has 2 aromatic carbocycles. The first-order valence-electron chi connectivity index (χ1n) is 11.3. The van der Waals surface area contributed by atoms with Crippen LogP contribution in [0.1, 0.15) is 27.3 Å². The number of hydrogen-bond acceptors (Lipinski definition) is 5. The Kier molecular flexibility index (Phi) is 5.20. The van der Waals surface area contributed by atoms with Crippen molar-refractivity contribution >= 4 is 46.1 Å². The zero-order valence-corrected chi connectivity index (χ0v) is 19.6. The number of anilines is 2. The third-order valence-corrected chi connectivity index (χ3v) is 8.13. The van der Waals surface area contributed by atoms with E-state index in [0.29, 0.717) is 23.0 Å². The summed E-state index contributed by atoms with van der Waals surface area (Å²) in [7, 11) is 0. The number of rotatable bonds is 3. The number of carbonyl (C=O) groups is 2. The Bertz CT molecular complexity index is 1250. The van der Waals surface area contributed by atoms with Gasteiger partial charge in [-0.3, -0.25) is 9.59 Å². The summed E-state index contributed by atoms with van der Waals surface area (Å²) in [5, 5.41) is 4.80. The van der Waals surface area contributed by atoms with Crippen LogP contribution in [0.2, 0.25) is 5.02 Å². The molecule has 0 unspecified atom stereocenters. The number of fused-ring (bicyclic) bond motifs is 2. The van der Waals surface area contributed by atoms with Crippen molar-refractivity contribution in [3.8, 4) is 10.6 Å². The second-order valence-corrected chi connectivity index (χ2v) is 10.2. The molecule has 0 saturated carbocycles. The maximum Gasteiger partial charge on any atom is 0.270 e. The van der Waals surface area contributed by atoms with Gasteiger partial charge in [0.15, 0.2) is 0 Å². The Balaban J connectivity index is 1.25. The van der Waals surface area contributed by atoms with Gasteiger partial charge >= 0.3 is 0 Å². The van der Waals surface area contributed by atoms with Crippen LogP contribution in [0, 0.1) is 5.92 Å². The topological polar surface area (TPSA) is 65.5 Å². The number of nitrogens with zero attached hydrogens (tertiary/aromatic N) is 3. The zero-order valence-electron chi connectivity index (χ0n) is 18.0. The highest BCUT2D eigenvalue weighted by Crippen LogP contribution is 2.37. The van der Waals surface area contributed by atoms with Crippen molar-refractivity contribution in [2.24, 2.45) is 5.92 Å². The fraction of sp³-hybridized carbons (Fsp3) is 0.320. The van der Waals surface area contributed by atoms with Crippen LogP contribution in [0.3, 0.4) is 0 Å². The number of aromatic nitrogens is 1. The Morgan fingerprint density at radius 2 is 1.97 bits per heavy atom. The highest BCUT2D eigenvalue weighted by Gasteiger charge is 2.34. The minimum atomic E-state index is -0.00290. The molecule has 1 fully saturated rings. The standard InChI is InChI=1S/C25H23ClN4O2S/c26-18-3-1-15(2-4-18)23-28-20-9-12-29(25(32)22(20)33-23)19-5-6-21-16(13-19)8-11-30(21)24(31)17-7-10-27-14-17/h1-6,13,17,27H,7-12,14H2/t17-/m0/s1. The van der Waals surface area contributed by atoms with E-state index in [1.807, 2.05) is 46.2 Å². The van der Waals surface area contributed by atoms with E-state index in [-0.39, 0.29) is 17.7 Å². The first kappa shape index (κ1) is 20.8. The van der Waals surface area contributed by atoms with E-state index in [1.54, 1.807) is 0 Å². The maximum atomic E-state index is 13.4. The zero-order chi connectivity index (χ0) is 22.5. The molecular formula is C25H23ClN4O2S. The molecule has 1 atom stereocenters. The lowest BCUT2D eigenvalue weighted by Gasteiger charge is -2.27. The second kappa shape index (κ2) is 8.24. The Labute approximate surface area is 201 Å². The molecule has 0 radical (unpaired) electrons. The summed E-state index contributed by atoms with van der Waals surface area (Å²) in [6.07, 6.45) is 2.45. The van der Waals surface area contributed by atoms with Crippen LogP contribution < -0.4 is 15.1 Å². The van der Waals surface area contributed by atoms with Gasteiger partial charge in [-0.1, -0.05) is 23.7 Å². The van der Waals surface area contributed by atoms with Crippen LogP contribution in [0.15, 0.2) is 42.5 Å². The molecule has 8 heteroatoms. The smallest absolute Gasteiger partial charge is 0.270 e. The minimum absolute atomic E-state index is 0.00290. The molecule has 1 aromatic heterocycles. The number of benzene rings is 2. The van der Waals surface area contributed by atoms with Crippen LogP contribution in [0.4, 0.5) is 11.4 Å². The third kappa shape index (κ3) is 3.64. The number of nitrogens with one attached hydrogen (secondary N) is 1. The Hall–Kier alpha value is -2.74. The summed E-state index contributed by atoms with van der Waals surface area (Å²) in [6, 6.07) is 13.6. The van der Waals surface area contributed by atoms with Gasteiger partial charge in [-0.05, 0) is 55.3 Å². The van der Waals surface area contributed by atoms with Crippen molar-refractivity contribution in [3.63, 3.8) is 0 Å². The maximum absolute atomic E-state index is 13.4. The monoisotopic (exact) mass is 478 g/mol. The molecule has 1 N–H and O–H groups in total. The lowest BCUT2D eigenvalue weighted by Crippen LogP contribution is -2.37. The minimum Gasteiger partial charge on any atom is -0.316 e. The van der Waals surface area contributed by atoms with E-state index >= 15 is 0 Å². The Morgan fingerprint density at radius 3 is 2.76 bits per heavy atom. The fourth-order valence-corrected chi connectivity index (χ4v) is 6.16. The number of hydrogen-bond donors (Lipinski definition) is 1. The fourth-order valence-electron chi connectivity index (χ4n) is 4.96. The van der Waals surface area contributed by atoms with Gasteiger partial charge in [0.1, 0.15) is 9.88 Å². The van der Waals surface area contributed by atoms with Crippen LogP contribution in [-0.4, -0.2) is 43.0 Å². The molecule has 6 nitrogen and oxygen atoms in total. The van der Waals surface area contributed by atoms with Crippen LogP contribution in [-0.2, 0) is 17.6 Å². The number of carbonyl (C=O) groups excluding carboxylic acids is 2. The summed E-state index contributed by atoms with van der Waals surface area (Å²) in [5.74, 6) is 0.278. The summed E-state index contributed by atoms with van der Waals surface area (Å²) in [5.41, 5.74) is 4.86. The summed E-state index contributed by atoms with van der Waals surface area (Å²) >= 11 is 7.45. The third-order valence-electron chi connectivity index (χ3n) is 6.75. The van der Waals surface area contributed by atoms with E-state index in [1.165, 1.54) is 11.3 Å². The molecule has 6 rings (SSSR count). The van der Waals surface area contributed by atoms with Gasteiger partial charge in [0.2, 0.25) is 5.91 Å². The predicted molar refractivity (Wildman–Crippen MR) is 131 cm³/mol. The molecule has 4 heterocycles. The van der Waals surface area contributed by atoms with Crippen molar-refractivity contribution in [1.82, 2.24) is 10.3 Å². The molecule has 33 heavy (non-hydrogen) atoms. The molecule has 3 aliphatic rings. The van der Waals surface area contributed by atoms with Crippen molar-refractivity contribution in [2.75, 3.05) is 36.0 Å². The molecule has 1 saturated heterocycles. The van der Waals surface area contributed by atoms with E-state index in [2.05, 4.69) is 11.4 Å². The molecular weight excluding hydrogens is 456 g/mol. The summed E-state index contributed by atoms with van der Waals surface area (Å²) in [4.78, 5) is 35.5. The van der Waals surface area contributed by atoms with Crippen LogP contribution in [0.5, 0.6) is 0 Å². The Morgan fingerprint density at radius 1 is 1.12 bits per heavy atom. The molecule has 168 valence electrons. The molecule has 0 bridgehead atoms. The average molecular weight is 479 g/mol. The predicted octanol–water partition coefficient (Wildman–Crippen LogP) is 4.17. The van der Waals surface area contributed by atoms with Crippen LogP contribution in [0.25, 0.3) is 10.6 Å². The summed E-state index contributed by atoms with van der Waals surface area (Å²) in [6.45, 7) is 2.99. The largest absolute Gasteiger partial charge is 0.316 e. The van der Waals surface area contributed by atoms with Crippen molar-refractivity contribution in [1.29, 1.82) is 0 Å². The SMILES string of the molecule is O=C1c2sc(-c3ccc(Cl)cc3)nc2CCN1c1ccc2c(c1)CCN2C(=O)[C@H]1CCNC1. The highest BCUT2D eigenvalue weighted by molar-refractivity contribution is 7.17. The van der Waals surface area contributed by atoms with Gasteiger partial charge in [0, 0.05) is 48.0 Å². The van der Waals surface area contributed by atoms with Gasteiger partial charge in [-0.15, -0.1) is 11.3 Å². The van der Waals surface area contributed by atoms with E-state index in [0.717, 1.165) is 65.6 Å². The average Bonchev–Trinajstić information content (AvgIpc) is 3.58. The number of halogens is 1. The van der Waals surface area contributed by atoms with Gasteiger partial charge in [-0.25, -0.2) is 4.98 Å². The van der Waals surface area contributed by atoms with Crippen LogP contribution >= 0.6 is 22.9 Å². The van der Waals surface area contributed by atoms with E-state index in [4.69, 9.17) is 16.6 Å². The molecule has 0 spiro atoms. The quantitative estimate of drug-likeness (QED) is 0.613. The molecule has 3 aliphatic heterocycles. The van der Waals surface area contributed by atoms with Gasteiger partial charge in [-0.2, -0.15) is 0 Å². The molecule has 0 aliphatic carbocycles. The van der Waals surface area contributed by atoms with Crippen molar-refractivity contribution < 1.29 is 9.59 Å². The van der Waals surface area contributed by atoms with Gasteiger partial charge < -0.3 is 15.1 Å². The lowest BCUT2D eigenvalue weighted by atomic mass is 10.1. The molecule has 3 aromatic rings. The second-order valence-electron chi connectivity index (χ2n) is 8.75. The number of thiazole rings is 1. The van der Waals surface area contributed by atoms with E-state index < -0.39 is 0 Å². The van der Waals surface area contributed by atoms with Crippen molar-refractivity contribution in [2.45, 2.75) is 19.3 Å². The first-order valence-corrected chi connectivity index (χ1v) is 12.5. The van der Waals surface area contributed by atoms with Crippen molar-refractivity contribution in [3.05, 3.63) is 63.6 Å². The first-order chi connectivity index (χ1) is 16.1. The highest BCUT2D eigenvalue weighted by atomic mass is 35.5. The van der Waals surface area contributed by atoms with E-state index in [9.17, 15) is 9.59 Å². The van der Waals surface area contributed by atoms with Gasteiger partial charge in [0.05, 0.1) is 11.6 Å². The number of amides is 2. The lowest BCUT2D eigenvalue weighted by molar-refractivity contribution is -0.121. The molecule has 2 amide bonds.